The summed E-state index contributed by atoms with van der Waals surface area (Å²) < 4.78 is 41.3. The van der Waals surface area contributed by atoms with Gasteiger partial charge in [0.15, 0.2) is 5.69 Å². The van der Waals surface area contributed by atoms with Crippen LogP contribution in [0.5, 0.6) is 5.75 Å². The summed E-state index contributed by atoms with van der Waals surface area (Å²) in [5, 5.41) is 22.5. The highest BCUT2D eigenvalue weighted by atomic mass is 35.5. The molecule has 4 rings (SSSR count). The van der Waals surface area contributed by atoms with Gasteiger partial charge >= 0.3 is 6.36 Å². The van der Waals surface area contributed by atoms with Crippen LogP contribution in [0.1, 0.15) is 54.2 Å². The number of aromatic nitrogens is 3. The molecule has 0 saturated heterocycles. The van der Waals surface area contributed by atoms with Crippen molar-refractivity contribution in [2.45, 2.75) is 62.5 Å². The van der Waals surface area contributed by atoms with E-state index in [1.807, 2.05) is 6.07 Å². The van der Waals surface area contributed by atoms with Gasteiger partial charge < -0.3 is 15.4 Å². The number of carbonyl (C=O) groups is 2. The predicted octanol–water partition coefficient (Wildman–Crippen LogP) is 3.07. The summed E-state index contributed by atoms with van der Waals surface area (Å²) in [6.45, 7) is 0. The lowest BCUT2D eigenvalue weighted by Crippen LogP contribution is -2.51. The fourth-order valence-electron chi connectivity index (χ4n) is 3.44. The molecule has 1 atom stereocenters. The van der Waals surface area contributed by atoms with Gasteiger partial charge in [-0.2, -0.15) is 15.2 Å². The maximum atomic E-state index is 12.9. The lowest BCUT2D eigenvalue weighted by molar-refractivity contribution is -0.274. The second kappa shape index (κ2) is 9.13. The van der Waals surface area contributed by atoms with Crippen LogP contribution in [-0.2, 0) is 11.2 Å². The average molecular weight is 497 g/mol. The topological polar surface area (TPSA) is 122 Å². The quantitative estimate of drug-likeness (QED) is 0.579. The van der Waals surface area contributed by atoms with Gasteiger partial charge in [0, 0.05) is 6.42 Å². The molecule has 0 aliphatic heterocycles. The fourth-order valence-corrected chi connectivity index (χ4v) is 3.68. The number of hydrogen-bond donors (Lipinski definition) is 2. The summed E-state index contributed by atoms with van der Waals surface area (Å²) in [4.78, 5) is 27.2. The molecule has 0 bridgehead atoms. The number of rotatable bonds is 8. The van der Waals surface area contributed by atoms with Gasteiger partial charge in [-0.05, 0) is 49.8 Å². The molecule has 13 heteroatoms. The van der Waals surface area contributed by atoms with Gasteiger partial charge in [0.25, 0.3) is 5.91 Å². The highest BCUT2D eigenvalue weighted by Gasteiger charge is 2.45. The Morgan fingerprint density at radius 1 is 1.35 bits per heavy atom. The van der Waals surface area contributed by atoms with E-state index in [9.17, 15) is 28.0 Å². The van der Waals surface area contributed by atoms with E-state index < -0.39 is 35.5 Å². The van der Waals surface area contributed by atoms with E-state index in [1.54, 1.807) is 0 Å². The lowest BCUT2D eigenvalue weighted by atomic mass is 9.94. The zero-order chi connectivity index (χ0) is 24.5. The number of benzene rings is 1. The molecule has 1 aromatic carbocycles. The van der Waals surface area contributed by atoms with E-state index in [0.29, 0.717) is 18.4 Å². The molecule has 0 radical (unpaired) electrons. The molecule has 1 aromatic heterocycles. The molecule has 2 aromatic rings. The summed E-state index contributed by atoms with van der Waals surface area (Å²) in [5.74, 6) is -1.84. The molecule has 180 valence electrons. The predicted molar refractivity (Wildman–Crippen MR) is 112 cm³/mol. The summed E-state index contributed by atoms with van der Waals surface area (Å²) in [6.07, 6.45) is 0.183. The first-order valence-corrected chi connectivity index (χ1v) is 11.0. The molecule has 2 aliphatic carbocycles. The van der Waals surface area contributed by atoms with E-state index in [-0.39, 0.29) is 23.2 Å². The van der Waals surface area contributed by atoms with Crippen LogP contribution in [0.3, 0.4) is 0 Å². The number of alkyl halides is 3. The van der Waals surface area contributed by atoms with Crippen LogP contribution in [0, 0.1) is 11.3 Å². The van der Waals surface area contributed by atoms with E-state index in [0.717, 1.165) is 25.3 Å². The number of halogens is 4. The second-order valence-electron chi connectivity index (χ2n) is 8.36. The van der Waals surface area contributed by atoms with Crippen molar-refractivity contribution in [2.24, 2.45) is 0 Å². The molecule has 2 saturated carbocycles. The van der Waals surface area contributed by atoms with Gasteiger partial charge in [0.1, 0.15) is 17.3 Å². The number of nitrogens with one attached hydrogen (secondary N) is 2. The largest absolute Gasteiger partial charge is 0.573 e. The SMILES string of the molecule is N#CC1(NC(=O)[C@H](Cc2ccc(OC(F)(F)F)c(Cl)c2)NC(=O)c2cnn(C3CCC3)n2)CC1. The van der Waals surface area contributed by atoms with Gasteiger partial charge in [-0.15, -0.1) is 18.3 Å². The molecule has 2 fully saturated rings. The third-order valence-corrected chi connectivity index (χ3v) is 6.05. The van der Waals surface area contributed by atoms with Crippen molar-refractivity contribution in [2.75, 3.05) is 0 Å². The Morgan fingerprint density at radius 2 is 2.09 bits per heavy atom. The third kappa shape index (κ3) is 5.59. The molecule has 2 amide bonds. The number of carbonyl (C=O) groups excluding carboxylic acids is 2. The third-order valence-electron chi connectivity index (χ3n) is 5.75. The van der Waals surface area contributed by atoms with Crippen molar-refractivity contribution in [3.8, 4) is 11.8 Å². The zero-order valence-corrected chi connectivity index (χ0v) is 18.5. The normalized spacial score (nSPS) is 17.7. The molecule has 0 unspecified atom stereocenters. The summed E-state index contributed by atoms with van der Waals surface area (Å²) in [6, 6.07) is 4.60. The van der Waals surface area contributed by atoms with Crippen LogP contribution in [0.15, 0.2) is 24.4 Å². The minimum atomic E-state index is -4.91. The van der Waals surface area contributed by atoms with E-state index in [4.69, 9.17) is 11.6 Å². The Kier molecular flexibility index (Phi) is 6.40. The second-order valence-corrected chi connectivity index (χ2v) is 8.77. The molecule has 34 heavy (non-hydrogen) atoms. The summed E-state index contributed by atoms with van der Waals surface area (Å²) in [5.41, 5.74) is -0.576. The van der Waals surface area contributed by atoms with E-state index in [1.165, 1.54) is 23.1 Å². The molecular formula is C21H20ClF3N6O3. The average Bonchev–Trinajstić information content (AvgIpc) is 3.33. The molecule has 0 spiro atoms. The van der Waals surface area contributed by atoms with Crippen molar-refractivity contribution in [3.05, 3.63) is 40.7 Å². The molecule has 2 N–H and O–H groups in total. The van der Waals surface area contributed by atoms with Gasteiger partial charge in [0.2, 0.25) is 5.91 Å². The van der Waals surface area contributed by atoms with Gasteiger partial charge in [-0.3, -0.25) is 9.59 Å². The van der Waals surface area contributed by atoms with Gasteiger partial charge in [-0.1, -0.05) is 17.7 Å². The Morgan fingerprint density at radius 3 is 2.65 bits per heavy atom. The van der Waals surface area contributed by atoms with Gasteiger partial charge in [0.05, 0.1) is 23.3 Å². The Hall–Kier alpha value is -3.33. The standard InChI is InChI=1S/C21H20ClF3N6O3/c22-14-8-12(4-5-17(14)34-21(23,24)25)9-15(19(33)29-20(11-26)6-7-20)28-18(32)16-10-27-31(30-16)13-2-1-3-13/h4-5,8,10,13,15H,1-3,6-7,9H2,(H,28,32)(H,29,33)/t15-/m0/s1. The maximum Gasteiger partial charge on any atom is 0.573 e. The number of hydrogen-bond acceptors (Lipinski definition) is 6. The molecule has 9 nitrogen and oxygen atoms in total. The summed E-state index contributed by atoms with van der Waals surface area (Å²) >= 11 is 5.91. The minimum absolute atomic E-state index is 0.0260. The highest BCUT2D eigenvalue weighted by molar-refractivity contribution is 6.32. The highest BCUT2D eigenvalue weighted by Crippen LogP contribution is 2.35. The van der Waals surface area contributed by atoms with Crippen LogP contribution in [-0.4, -0.2) is 44.8 Å². The van der Waals surface area contributed by atoms with Crippen molar-refractivity contribution in [1.82, 2.24) is 25.6 Å². The Balaban J connectivity index is 1.50. The van der Waals surface area contributed by atoms with Crippen molar-refractivity contribution in [3.63, 3.8) is 0 Å². The van der Waals surface area contributed by atoms with Crippen LogP contribution in [0.2, 0.25) is 5.02 Å². The number of nitrogens with zero attached hydrogens (tertiary/aromatic N) is 4. The Labute approximate surface area is 197 Å². The molecule has 1 heterocycles. The molecular weight excluding hydrogens is 477 g/mol. The Bertz CT molecular complexity index is 1140. The van der Waals surface area contributed by atoms with E-state index in [2.05, 4.69) is 25.6 Å². The van der Waals surface area contributed by atoms with Crippen LogP contribution in [0.25, 0.3) is 0 Å². The zero-order valence-electron chi connectivity index (χ0n) is 17.7. The van der Waals surface area contributed by atoms with Gasteiger partial charge in [-0.25, -0.2) is 0 Å². The minimum Gasteiger partial charge on any atom is -0.404 e. The first-order valence-electron chi connectivity index (χ1n) is 10.6. The first kappa shape index (κ1) is 23.8. The lowest BCUT2D eigenvalue weighted by Gasteiger charge is -2.23. The van der Waals surface area contributed by atoms with Crippen LogP contribution < -0.4 is 15.4 Å². The van der Waals surface area contributed by atoms with Crippen molar-refractivity contribution >= 4 is 23.4 Å². The number of nitriles is 1. The number of amides is 2. The maximum absolute atomic E-state index is 12.9. The summed E-state index contributed by atoms with van der Waals surface area (Å²) in [7, 11) is 0. The monoisotopic (exact) mass is 496 g/mol. The van der Waals surface area contributed by atoms with E-state index >= 15 is 0 Å². The van der Waals surface area contributed by atoms with Crippen molar-refractivity contribution < 1.29 is 27.5 Å². The smallest absolute Gasteiger partial charge is 0.404 e. The fraction of sp³-hybridized carbons (Fsp3) is 0.476. The van der Waals surface area contributed by atoms with Crippen molar-refractivity contribution in [1.29, 1.82) is 5.26 Å². The molecule has 2 aliphatic rings. The van der Waals surface area contributed by atoms with Crippen LogP contribution >= 0.6 is 11.6 Å². The van der Waals surface area contributed by atoms with Crippen LogP contribution in [0.4, 0.5) is 13.2 Å². The first-order chi connectivity index (χ1) is 16.1. The number of ether oxygens (including phenoxy) is 1.